The van der Waals surface area contributed by atoms with Crippen molar-refractivity contribution >= 4 is 11.3 Å². The molecule has 2 heterocycles. The van der Waals surface area contributed by atoms with E-state index in [-0.39, 0.29) is 0 Å². The van der Waals surface area contributed by atoms with Crippen LogP contribution in [0.3, 0.4) is 0 Å². The lowest BCUT2D eigenvalue weighted by Gasteiger charge is -2.15. The molecule has 1 unspecified atom stereocenters. The molecular weight excluding hydrogens is 242 g/mol. The minimum absolute atomic E-state index is 0.357. The third-order valence-corrected chi connectivity index (χ3v) is 4.33. The van der Waals surface area contributed by atoms with Gasteiger partial charge in [0.15, 0.2) is 0 Å². The Morgan fingerprint density at radius 2 is 2.06 bits per heavy atom. The standard InChI is InChI=1S/C15H21NOS/c1-4-13-6-7-14(18-13)9-15(16-5-2)12-8-11(3)17-10-12/h6-8,10,15-16H,4-5,9H2,1-3H3. The van der Waals surface area contributed by atoms with Gasteiger partial charge in [-0.1, -0.05) is 13.8 Å². The fourth-order valence-electron chi connectivity index (χ4n) is 2.12. The molecule has 2 rings (SSSR count). The first-order chi connectivity index (χ1) is 8.72. The highest BCUT2D eigenvalue weighted by molar-refractivity contribution is 7.11. The first-order valence-electron chi connectivity index (χ1n) is 6.59. The third kappa shape index (κ3) is 3.24. The zero-order chi connectivity index (χ0) is 13.0. The molecule has 0 aliphatic heterocycles. The molecule has 18 heavy (non-hydrogen) atoms. The van der Waals surface area contributed by atoms with E-state index in [1.807, 2.05) is 24.5 Å². The lowest BCUT2D eigenvalue weighted by molar-refractivity contribution is 0.512. The van der Waals surface area contributed by atoms with E-state index >= 15 is 0 Å². The number of thiophene rings is 1. The smallest absolute Gasteiger partial charge is 0.101 e. The molecule has 1 atom stereocenters. The summed E-state index contributed by atoms with van der Waals surface area (Å²) in [6, 6.07) is 6.97. The van der Waals surface area contributed by atoms with E-state index in [0.29, 0.717) is 6.04 Å². The van der Waals surface area contributed by atoms with Gasteiger partial charge in [0.2, 0.25) is 0 Å². The number of nitrogens with one attached hydrogen (secondary N) is 1. The lowest BCUT2D eigenvalue weighted by atomic mass is 10.1. The SMILES string of the molecule is CCNC(Cc1ccc(CC)s1)c1coc(C)c1. The van der Waals surface area contributed by atoms with E-state index in [9.17, 15) is 0 Å². The van der Waals surface area contributed by atoms with E-state index in [4.69, 9.17) is 4.42 Å². The normalized spacial score (nSPS) is 12.8. The molecule has 3 heteroatoms. The maximum Gasteiger partial charge on any atom is 0.101 e. The summed E-state index contributed by atoms with van der Waals surface area (Å²) in [7, 11) is 0. The van der Waals surface area contributed by atoms with E-state index in [1.165, 1.54) is 15.3 Å². The van der Waals surface area contributed by atoms with Crippen LogP contribution in [0, 0.1) is 6.92 Å². The van der Waals surface area contributed by atoms with E-state index in [1.54, 1.807) is 0 Å². The Morgan fingerprint density at radius 3 is 2.61 bits per heavy atom. The highest BCUT2D eigenvalue weighted by atomic mass is 32.1. The van der Waals surface area contributed by atoms with Gasteiger partial charge in [-0.2, -0.15) is 0 Å². The minimum atomic E-state index is 0.357. The monoisotopic (exact) mass is 263 g/mol. The summed E-state index contributed by atoms with van der Waals surface area (Å²) in [6.07, 6.45) is 4.04. The van der Waals surface area contributed by atoms with Crippen molar-refractivity contribution in [1.82, 2.24) is 5.32 Å². The molecule has 1 N–H and O–H groups in total. The molecule has 0 saturated carbocycles. The highest BCUT2D eigenvalue weighted by Crippen LogP contribution is 2.25. The van der Waals surface area contributed by atoms with Crippen molar-refractivity contribution < 1.29 is 4.42 Å². The zero-order valence-corrected chi connectivity index (χ0v) is 12.1. The second-order valence-electron chi connectivity index (χ2n) is 4.53. The highest BCUT2D eigenvalue weighted by Gasteiger charge is 2.14. The number of rotatable bonds is 6. The van der Waals surface area contributed by atoms with Crippen LogP contribution in [0.1, 0.15) is 41.0 Å². The fraction of sp³-hybridized carbons (Fsp3) is 0.467. The molecule has 0 fully saturated rings. The number of hydrogen-bond acceptors (Lipinski definition) is 3. The Balaban J connectivity index is 2.10. The van der Waals surface area contributed by atoms with Crippen molar-refractivity contribution in [3.8, 4) is 0 Å². The zero-order valence-electron chi connectivity index (χ0n) is 11.3. The Morgan fingerprint density at radius 1 is 1.28 bits per heavy atom. The average molecular weight is 263 g/mol. The van der Waals surface area contributed by atoms with E-state index in [0.717, 1.165) is 25.1 Å². The number of aryl methyl sites for hydroxylation is 2. The van der Waals surface area contributed by atoms with Crippen LogP contribution in [-0.4, -0.2) is 6.54 Å². The summed E-state index contributed by atoms with van der Waals surface area (Å²) in [5, 5.41) is 3.53. The molecular formula is C15H21NOS. The van der Waals surface area contributed by atoms with Gasteiger partial charge in [-0.25, -0.2) is 0 Å². The Bertz CT molecular complexity index is 486. The summed E-state index contributed by atoms with van der Waals surface area (Å²) < 4.78 is 5.42. The van der Waals surface area contributed by atoms with Gasteiger partial charge < -0.3 is 9.73 Å². The quantitative estimate of drug-likeness (QED) is 0.848. The van der Waals surface area contributed by atoms with Crippen molar-refractivity contribution in [2.24, 2.45) is 0 Å². The summed E-state index contributed by atoms with van der Waals surface area (Å²) in [5.74, 6) is 0.980. The van der Waals surface area contributed by atoms with Gasteiger partial charge in [0.1, 0.15) is 5.76 Å². The number of likely N-dealkylation sites (N-methyl/N-ethyl adjacent to an activating group) is 1. The Hall–Kier alpha value is -1.06. The second-order valence-corrected chi connectivity index (χ2v) is 5.78. The molecule has 2 aromatic rings. The number of furan rings is 1. The van der Waals surface area contributed by atoms with Crippen LogP contribution in [0.5, 0.6) is 0 Å². The van der Waals surface area contributed by atoms with Crippen LogP contribution in [0.4, 0.5) is 0 Å². The lowest BCUT2D eigenvalue weighted by Crippen LogP contribution is -2.22. The average Bonchev–Trinajstić information content (AvgIpc) is 2.97. The molecule has 0 radical (unpaired) electrons. The third-order valence-electron chi connectivity index (χ3n) is 3.07. The predicted molar refractivity (Wildman–Crippen MR) is 77.3 cm³/mol. The van der Waals surface area contributed by atoms with E-state index < -0.39 is 0 Å². The van der Waals surface area contributed by atoms with Crippen molar-refractivity contribution in [2.45, 2.75) is 39.7 Å². The van der Waals surface area contributed by atoms with Crippen LogP contribution in [-0.2, 0) is 12.8 Å². The van der Waals surface area contributed by atoms with Gasteiger partial charge in [-0.3, -0.25) is 0 Å². The van der Waals surface area contributed by atoms with Gasteiger partial charge in [-0.15, -0.1) is 11.3 Å². The summed E-state index contributed by atoms with van der Waals surface area (Å²) >= 11 is 1.92. The summed E-state index contributed by atoms with van der Waals surface area (Å²) in [6.45, 7) is 7.32. The molecule has 0 bridgehead atoms. The molecule has 2 nitrogen and oxygen atoms in total. The topological polar surface area (TPSA) is 25.2 Å². The molecule has 98 valence electrons. The molecule has 0 spiro atoms. The van der Waals surface area contributed by atoms with Crippen molar-refractivity contribution in [3.05, 3.63) is 45.5 Å². The maximum atomic E-state index is 5.42. The molecule has 2 aromatic heterocycles. The summed E-state index contributed by atoms with van der Waals surface area (Å²) in [4.78, 5) is 2.90. The molecule has 0 aliphatic rings. The van der Waals surface area contributed by atoms with Crippen molar-refractivity contribution in [3.63, 3.8) is 0 Å². The first kappa shape index (κ1) is 13.4. The van der Waals surface area contributed by atoms with Gasteiger partial charge in [-0.05, 0) is 38.1 Å². The van der Waals surface area contributed by atoms with Crippen molar-refractivity contribution in [1.29, 1.82) is 0 Å². The second kappa shape index (κ2) is 6.21. The van der Waals surface area contributed by atoms with E-state index in [2.05, 4.69) is 37.4 Å². The van der Waals surface area contributed by atoms with Crippen LogP contribution >= 0.6 is 11.3 Å². The number of hydrogen-bond donors (Lipinski definition) is 1. The van der Waals surface area contributed by atoms with Crippen molar-refractivity contribution in [2.75, 3.05) is 6.54 Å². The molecule has 0 aliphatic carbocycles. The van der Waals surface area contributed by atoms with Crippen LogP contribution in [0.2, 0.25) is 0 Å². The molecule has 0 saturated heterocycles. The Kier molecular flexibility index (Phi) is 4.61. The van der Waals surface area contributed by atoms with Gasteiger partial charge in [0.05, 0.1) is 6.26 Å². The van der Waals surface area contributed by atoms with Crippen LogP contribution < -0.4 is 5.32 Å². The maximum absolute atomic E-state index is 5.42. The molecule has 0 amide bonds. The fourth-order valence-corrected chi connectivity index (χ4v) is 3.13. The minimum Gasteiger partial charge on any atom is -0.469 e. The van der Waals surface area contributed by atoms with Gasteiger partial charge in [0, 0.05) is 27.8 Å². The predicted octanol–water partition coefficient (Wildman–Crippen LogP) is 4.11. The largest absolute Gasteiger partial charge is 0.469 e. The van der Waals surface area contributed by atoms with Gasteiger partial charge >= 0.3 is 0 Å². The first-order valence-corrected chi connectivity index (χ1v) is 7.40. The van der Waals surface area contributed by atoms with Gasteiger partial charge in [0.25, 0.3) is 0 Å². The van der Waals surface area contributed by atoms with Crippen LogP contribution in [0.25, 0.3) is 0 Å². The Labute approximate surface area is 113 Å². The van der Waals surface area contributed by atoms with Crippen LogP contribution in [0.15, 0.2) is 28.9 Å². The summed E-state index contributed by atoms with van der Waals surface area (Å²) in [5.41, 5.74) is 1.25. The molecule has 0 aromatic carbocycles.